The van der Waals surface area contributed by atoms with E-state index in [1.807, 2.05) is 0 Å². The normalized spacial score (nSPS) is 10.6. The van der Waals surface area contributed by atoms with Gasteiger partial charge in [0, 0.05) is 33.4 Å². The molecule has 7 nitrogen and oxygen atoms in total. The Morgan fingerprint density at radius 2 is 2.14 bits per heavy atom. The van der Waals surface area contributed by atoms with E-state index in [2.05, 4.69) is 5.10 Å². The van der Waals surface area contributed by atoms with Crippen LogP contribution in [0.5, 0.6) is 0 Å². The third kappa shape index (κ3) is 5.65. The largest absolute Gasteiger partial charge is 0.396 e. The molecule has 1 N–H and O–H groups in total. The van der Waals surface area contributed by atoms with E-state index in [1.54, 1.807) is 19.1 Å². The molecule has 1 aromatic rings. The summed E-state index contributed by atoms with van der Waals surface area (Å²) in [6.07, 6.45) is 2.43. The van der Waals surface area contributed by atoms with E-state index in [0.717, 1.165) is 19.3 Å². The van der Waals surface area contributed by atoms with Gasteiger partial charge >= 0.3 is 0 Å². The van der Waals surface area contributed by atoms with Gasteiger partial charge in [0.1, 0.15) is 5.69 Å². The Kier molecular flexibility index (Phi) is 7.63. The number of unbranched alkanes of at least 4 members (excludes halogenated alkanes) is 2. The standard InChI is InChI=1S/C14H23N3O4/c1-16(8-4-3-5-10-18)14(20)12-6-7-13(19)17(15-12)9-11-21-2/h6-7,18H,3-5,8-11H2,1-2H3. The Morgan fingerprint density at radius 3 is 2.81 bits per heavy atom. The molecule has 0 radical (unpaired) electrons. The smallest absolute Gasteiger partial charge is 0.274 e. The fourth-order valence-corrected chi connectivity index (χ4v) is 1.84. The van der Waals surface area contributed by atoms with Gasteiger partial charge in [0.2, 0.25) is 0 Å². The van der Waals surface area contributed by atoms with E-state index in [0.29, 0.717) is 19.7 Å². The molecular weight excluding hydrogens is 274 g/mol. The minimum atomic E-state index is -0.255. The summed E-state index contributed by atoms with van der Waals surface area (Å²) in [5, 5.41) is 12.8. The predicted octanol–water partition coefficient (Wildman–Crippen LogP) is 0.124. The van der Waals surface area contributed by atoms with Crippen LogP contribution in [-0.2, 0) is 11.3 Å². The highest BCUT2D eigenvalue weighted by atomic mass is 16.5. The average molecular weight is 297 g/mol. The molecule has 1 aromatic heterocycles. The van der Waals surface area contributed by atoms with Crippen LogP contribution in [0.4, 0.5) is 0 Å². The first-order chi connectivity index (χ1) is 10.1. The van der Waals surface area contributed by atoms with Gasteiger partial charge in [0.25, 0.3) is 11.5 Å². The molecule has 0 atom stereocenters. The van der Waals surface area contributed by atoms with Crippen LogP contribution in [0.1, 0.15) is 29.8 Å². The zero-order valence-corrected chi connectivity index (χ0v) is 12.6. The lowest BCUT2D eigenvalue weighted by Crippen LogP contribution is -2.32. The Hall–Kier alpha value is -1.73. The van der Waals surface area contributed by atoms with Crippen molar-refractivity contribution in [3.05, 3.63) is 28.2 Å². The molecule has 0 aromatic carbocycles. The van der Waals surface area contributed by atoms with Gasteiger partial charge in [-0.05, 0) is 25.3 Å². The first kappa shape index (κ1) is 17.3. The molecule has 0 spiro atoms. The topological polar surface area (TPSA) is 84.7 Å². The first-order valence-corrected chi connectivity index (χ1v) is 7.03. The van der Waals surface area contributed by atoms with Crippen LogP contribution in [0.15, 0.2) is 16.9 Å². The zero-order valence-electron chi connectivity index (χ0n) is 12.6. The molecule has 1 heterocycles. The summed E-state index contributed by atoms with van der Waals surface area (Å²) in [6.45, 7) is 1.44. The van der Waals surface area contributed by atoms with Crippen molar-refractivity contribution >= 4 is 5.91 Å². The minimum Gasteiger partial charge on any atom is -0.396 e. The van der Waals surface area contributed by atoms with Gasteiger partial charge in [-0.25, -0.2) is 4.68 Å². The molecule has 0 aliphatic rings. The second-order valence-corrected chi connectivity index (χ2v) is 4.78. The summed E-state index contributed by atoms with van der Waals surface area (Å²) >= 11 is 0. The number of aromatic nitrogens is 2. The van der Waals surface area contributed by atoms with Gasteiger partial charge < -0.3 is 14.7 Å². The van der Waals surface area contributed by atoms with Crippen molar-refractivity contribution in [1.29, 1.82) is 0 Å². The van der Waals surface area contributed by atoms with Crippen molar-refractivity contribution in [3.8, 4) is 0 Å². The van der Waals surface area contributed by atoms with Gasteiger partial charge in [-0.3, -0.25) is 9.59 Å². The molecule has 7 heteroatoms. The molecule has 0 saturated heterocycles. The number of hydrogen-bond donors (Lipinski definition) is 1. The summed E-state index contributed by atoms with van der Waals surface area (Å²) in [5.74, 6) is -0.217. The number of carbonyl (C=O) groups is 1. The number of aliphatic hydroxyl groups excluding tert-OH is 1. The van der Waals surface area contributed by atoms with E-state index >= 15 is 0 Å². The Labute approximate surface area is 124 Å². The molecule has 0 bridgehead atoms. The third-order valence-electron chi connectivity index (χ3n) is 3.09. The molecule has 0 fully saturated rings. The molecule has 21 heavy (non-hydrogen) atoms. The quantitative estimate of drug-likeness (QED) is 0.655. The van der Waals surface area contributed by atoms with Gasteiger partial charge in [0.15, 0.2) is 0 Å². The second kappa shape index (κ2) is 9.25. The Morgan fingerprint density at radius 1 is 1.38 bits per heavy atom. The van der Waals surface area contributed by atoms with Crippen molar-refractivity contribution < 1.29 is 14.6 Å². The first-order valence-electron chi connectivity index (χ1n) is 7.03. The number of methoxy groups -OCH3 is 1. The maximum Gasteiger partial charge on any atom is 0.274 e. The van der Waals surface area contributed by atoms with E-state index < -0.39 is 0 Å². The monoisotopic (exact) mass is 297 g/mol. The summed E-state index contributed by atoms with van der Waals surface area (Å²) in [7, 11) is 3.24. The van der Waals surface area contributed by atoms with Crippen LogP contribution in [-0.4, -0.2) is 59.6 Å². The fraction of sp³-hybridized carbons (Fsp3) is 0.643. The second-order valence-electron chi connectivity index (χ2n) is 4.78. The number of ether oxygens (including phenoxy) is 1. The third-order valence-corrected chi connectivity index (χ3v) is 3.09. The summed E-state index contributed by atoms with van der Waals surface area (Å²) < 4.78 is 6.14. The number of rotatable bonds is 9. The zero-order chi connectivity index (χ0) is 15.7. The van der Waals surface area contributed by atoms with Crippen molar-refractivity contribution in [2.45, 2.75) is 25.8 Å². The van der Waals surface area contributed by atoms with Crippen molar-refractivity contribution in [3.63, 3.8) is 0 Å². The number of amides is 1. The lowest BCUT2D eigenvalue weighted by molar-refractivity contribution is 0.0782. The SMILES string of the molecule is COCCn1nc(C(=O)N(C)CCCCCO)ccc1=O. The lowest BCUT2D eigenvalue weighted by atomic mass is 10.2. The Balaban J connectivity index is 2.66. The highest BCUT2D eigenvalue weighted by Crippen LogP contribution is 2.02. The van der Waals surface area contributed by atoms with Crippen LogP contribution in [0.3, 0.4) is 0 Å². The van der Waals surface area contributed by atoms with Crippen molar-refractivity contribution in [2.24, 2.45) is 0 Å². The van der Waals surface area contributed by atoms with Crippen molar-refractivity contribution in [1.82, 2.24) is 14.7 Å². The maximum atomic E-state index is 12.2. The number of aliphatic hydroxyl groups is 1. The summed E-state index contributed by atoms with van der Waals surface area (Å²) in [6, 6.07) is 2.79. The van der Waals surface area contributed by atoms with E-state index in [9.17, 15) is 9.59 Å². The molecule has 1 amide bonds. The highest BCUT2D eigenvalue weighted by Gasteiger charge is 2.14. The highest BCUT2D eigenvalue weighted by molar-refractivity contribution is 5.91. The molecule has 118 valence electrons. The van der Waals surface area contributed by atoms with Crippen LogP contribution < -0.4 is 5.56 Å². The van der Waals surface area contributed by atoms with Gasteiger partial charge in [-0.2, -0.15) is 5.10 Å². The molecule has 0 saturated carbocycles. The maximum absolute atomic E-state index is 12.2. The van der Waals surface area contributed by atoms with E-state index in [4.69, 9.17) is 9.84 Å². The Bertz CT molecular complexity index is 501. The van der Waals surface area contributed by atoms with Crippen LogP contribution in [0.25, 0.3) is 0 Å². The van der Waals surface area contributed by atoms with Gasteiger partial charge in [0.05, 0.1) is 13.2 Å². The minimum absolute atomic E-state index is 0.170. The molecule has 1 rings (SSSR count). The molecule has 0 aliphatic carbocycles. The van der Waals surface area contributed by atoms with Crippen LogP contribution in [0, 0.1) is 0 Å². The van der Waals surface area contributed by atoms with Crippen molar-refractivity contribution in [2.75, 3.05) is 33.9 Å². The van der Waals surface area contributed by atoms with E-state index in [-0.39, 0.29) is 23.8 Å². The van der Waals surface area contributed by atoms with Gasteiger partial charge in [-0.15, -0.1) is 0 Å². The molecule has 0 unspecified atom stereocenters. The fourth-order valence-electron chi connectivity index (χ4n) is 1.84. The van der Waals surface area contributed by atoms with Crippen LogP contribution >= 0.6 is 0 Å². The number of carbonyl (C=O) groups excluding carboxylic acids is 1. The van der Waals surface area contributed by atoms with Gasteiger partial charge in [-0.1, -0.05) is 0 Å². The summed E-state index contributed by atoms with van der Waals surface area (Å²) in [4.78, 5) is 25.4. The average Bonchev–Trinajstić information content (AvgIpc) is 2.50. The molecular formula is C14H23N3O4. The number of nitrogens with zero attached hydrogens (tertiary/aromatic N) is 3. The van der Waals surface area contributed by atoms with Crippen LogP contribution in [0.2, 0.25) is 0 Å². The summed E-state index contributed by atoms with van der Waals surface area (Å²) in [5.41, 5.74) is -0.00967. The molecule has 0 aliphatic heterocycles. The predicted molar refractivity (Wildman–Crippen MR) is 78.3 cm³/mol. The lowest BCUT2D eigenvalue weighted by Gasteiger charge is -2.16. The van der Waals surface area contributed by atoms with E-state index in [1.165, 1.54) is 16.8 Å². The number of hydrogen-bond acceptors (Lipinski definition) is 5.